The molecule has 1 aliphatic heterocycles. The van der Waals surface area contributed by atoms with Crippen LogP contribution in [0.4, 0.5) is 0 Å². The molecule has 0 fully saturated rings. The second-order valence-corrected chi connectivity index (χ2v) is 8.99. The van der Waals surface area contributed by atoms with Gasteiger partial charge in [0.2, 0.25) is 5.88 Å². The molecule has 9 heteroatoms. The fourth-order valence-corrected chi connectivity index (χ4v) is 5.53. The van der Waals surface area contributed by atoms with Crippen LogP contribution in [-0.4, -0.2) is 24.6 Å². The highest BCUT2D eigenvalue weighted by molar-refractivity contribution is 7.10. The average molecular weight is 465 g/mol. The summed E-state index contributed by atoms with van der Waals surface area (Å²) < 4.78 is 13.6. The van der Waals surface area contributed by atoms with Gasteiger partial charge in [-0.25, -0.2) is 19.3 Å². The second kappa shape index (κ2) is 7.06. The Balaban J connectivity index is 1.57. The maximum absolute atomic E-state index is 13.4. The maximum atomic E-state index is 13.4. The summed E-state index contributed by atoms with van der Waals surface area (Å²) in [6.07, 6.45) is 4.99. The molecular formula is C25H15N5O3S. The predicted molar refractivity (Wildman–Crippen MR) is 127 cm³/mol. The van der Waals surface area contributed by atoms with Crippen molar-refractivity contribution in [2.24, 2.45) is 0 Å². The van der Waals surface area contributed by atoms with Gasteiger partial charge in [-0.3, -0.25) is 4.98 Å². The van der Waals surface area contributed by atoms with Crippen molar-refractivity contribution >= 4 is 28.0 Å². The second-order valence-electron chi connectivity index (χ2n) is 8.04. The first-order valence-electron chi connectivity index (χ1n) is 10.6. The van der Waals surface area contributed by atoms with Crippen LogP contribution in [0.3, 0.4) is 0 Å². The summed E-state index contributed by atoms with van der Waals surface area (Å²) in [5.74, 6) is 0.933. The number of thiophene rings is 1. The summed E-state index contributed by atoms with van der Waals surface area (Å²) in [7, 11) is 0. The first kappa shape index (κ1) is 19.1. The lowest BCUT2D eigenvalue weighted by Crippen LogP contribution is -2.22. The van der Waals surface area contributed by atoms with E-state index in [9.17, 15) is 4.79 Å². The van der Waals surface area contributed by atoms with Crippen molar-refractivity contribution in [2.45, 2.75) is 12.8 Å². The molecular weight excluding hydrogens is 450 g/mol. The molecule has 6 aromatic rings. The molecule has 1 unspecified atom stereocenters. The van der Waals surface area contributed by atoms with Crippen LogP contribution >= 0.6 is 11.3 Å². The third kappa shape index (κ3) is 2.67. The molecule has 34 heavy (non-hydrogen) atoms. The molecule has 0 bridgehead atoms. The van der Waals surface area contributed by atoms with Crippen LogP contribution in [0.2, 0.25) is 0 Å². The topological polar surface area (TPSA) is 95.4 Å². The molecule has 7 rings (SSSR count). The van der Waals surface area contributed by atoms with E-state index in [0.717, 1.165) is 21.4 Å². The van der Waals surface area contributed by atoms with E-state index in [1.54, 1.807) is 40.6 Å². The van der Waals surface area contributed by atoms with E-state index < -0.39 is 11.5 Å². The van der Waals surface area contributed by atoms with Gasteiger partial charge < -0.3 is 9.15 Å². The van der Waals surface area contributed by atoms with E-state index >= 15 is 0 Å². The normalized spacial score (nSPS) is 14.7. The van der Waals surface area contributed by atoms with Crippen LogP contribution in [0.1, 0.15) is 27.5 Å². The van der Waals surface area contributed by atoms with Crippen molar-refractivity contribution in [3.63, 3.8) is 0 Å². The molecule has 8 nitrogen and oxygen atoms in total. The van der Waals surface area contributed by atoms with Gasteiger partial charge in [0.15, 0.2) is 17.2 Å². The Bertz CT molecular complexity index is 1790. The summed E-state index contributed by atoms with van der Waals surface area (Å²) in [5.41, 5.74) is 3.58. The fraction of sp³-hybridized carbons (Fsp3) is 0.0800. The summed E-state index contributed by atoms with van der Waals surface area (Å²) in [4.78, 5) is 27.9. The third-order valence-electron chi connectivity index (χ3n) is 6.05. The van der Waals surface area contributed by atoms with E-state index in [4.69, 9.17) is 14.1 Å². The maximum Gasteiger partial charge on any atom is 0.344 e. The van der Waals surface area contributed by atoms with Gasteiger partial charge in [-0.2, -0.15) is 0 Å². The molecule has 0 spiro atoms. The Morgan fingerprint density at radius 2 is 2.00 bits per heavy atom. The Labute approximate surface area is 196 Å². The Morgan fingerprint density at radius 1 is 1.09 bits per heavy atom. The molecule has 6 heterocycles. The first-order chi connectivity index (χ1) is 16.7. The zero-order valence-corrected chi connectivity index (χ0v) is 18.6. The van der Waals surface area contributed by atoms with Crippen LogP contribution in [0.15, 0.2) is 75.8 Å². The van der Waals surface area contributed by atoms with Crippen molar-refractivity contribution in [3.05, 3.63) is 98.6 Å². The molecule has 5 aromatic heterocycles. The van der Waals surface area contributed by atoms with Crippen molar-refractivity contribution < 1.29 is 9.15 Å². The molecule has 1 aliphatic rings. The zero-order valence-electron chi connectivity index (χ0n) is 17.8. The van der Waals surface area contributed by atoms with Crippen molar-refractivity contribution in [3.8, 4) is 23.0 Å². The molecule has 164 valence electrons. The van der Waals surface area contributed by atoms with Crippen molar-refractivity contribution in [1.82, 2.24) is 24.6 Å². The Kier molecular flexibility index (Phi) is 3.97. The van der Waals surface area contributed by atoms with Gasteiger partial charge in [0.05, 0.1) is 22.4 Å². The van der Waals surface area contributed by atoms with Gasteiger partial charge in [-0.1, -0.05) is 12.1 Å². The Morgan fingerprint density at radius 3 is 2.82 bits per heavy atom. The third-order valence-corrected chi connectivity index (χ3v) is 7.13. The molecule has 0 saturated carbocycles. The zero-order chi connectivity index (χ0) is 22.8. The SMILES string of the molecule is Cc1ccsc1C1c2c(c3ccccc3oc2=O)Oc2ncn3nc(-c4cccnc4)nc3c21. The monoisotopic (exact) mass is 465 g/mol. The minimum Gasteiger partial charge on any atom is -0.437 e. The lowest BCUT2D eigenvalue weighted by Gasteiger charge is -2.26. The number of hydrogen-bond donors (Lipinski definition) is 0. The lowest BCUT2D eigenvalue weighted by atomic mass is 9.87. The summed E-state index contributed by atoms with van der Waals surface area (Å²) in [6.45, 7) is 2.03. The molecule has 0 saturated heterocycles. The van der Waals surface area contributed by atoms with Crippen LogP contribution in [0, 0.1) is 6.92 Å². The summed E-state index contributed by atoms with van der Waals surface area (Å²) >= 11 is 1.58. The highest BCUT2D eigenvalue weighted by atomic mass is 32.1. The van der Waals surface area contributed by atoms with Gasteiger partial charge in [0, 0.05) is 22.8 Å². The van der Waals surface area contributed by atoms with Crippen LogP contribution in [-0.2, 0) is 0 Å². The molecule has 1 atom stereocenters. The van der Waals surface area contributed by atoms with Gasteiger partial charge in [-0.05, 0) is 48.2 Å². The summed E-state index contributed by atoms with van der Waals surface area (Å²) in [5, 5.41) is 7.34. The summed E-state index contributed by atoms with van der Waals surface area (Å²) in [6, 6.07) is 13.1. The lowest BCUT2D eigenvalue weighted by molar-refractivity contribution is 0.423. The van der Waals surface area contributed by atoms with Crippen LogP contribution in [0.25, 0.3) is 28.0 Å². The van der Waals surface area contributed by atoms with E-state index in [0.29, 0.717) is 39.8 Å². The van der Waals surface area contributed by atoms with Crippen LogP contribution < -0.4 is 10.4 Å². The Hall–Kier alpha value is -4.37. The van der Waals surface area contributed by atoms with E-state index in [2.05, 4.69) is 15.1 Å². The predicted octanol–water partition coefficient (Wildman–Crippen LogP) is 4.95. The molecule has 0 amide bonds. The number of para-hydroxylation sites is 1. The number of ether oxygens (including phenoxy) is 1. The molecule has 1 aromatic carbocycles. The van der Waals surface area contributed by atoms with Gasteiger partial charge in [-0.15, -0.1) is 16.4 Å². The standard InChI is InChI=1S/C25H15N5O3S/c1-13-8-10-34-21(13)17-18-20(15-6-2-3-7-16(15)32-25(18)31)33-24-19(17)23-28-22(29-30(23)12-27-24)14-5-4-9-26-11-14/h2-12,17H,1H3. The number of nitrogens with zero attached hydrogens (tertiary/aromatic N) is 5. The first-order valence-corrected chi connectivity index (χ1v) is 11.5. The largest absolute Gasteiger partial charge is 0.437 e. The minimum absolute atomic E-state index is 0.402. The average Bonchev–Trinajstić information content (AvgIpc) is 3.49. The van der Waals surface area contributed by atoms with Gasteiger partial charge in [0.1, 0.15) is 11.9 Å². The van der Waals surface area contributed by atoms with E-state index in [-0.39, 0.29) is 0 Å². The number of benzene rings is 1. The number of pyridine rings is 1. The highest BCUT2D eigenvalue weighted by Gasteiger charge is 2.38. The highest BCUT2D eigenvalue weighted by Crippen LogP contribution is 2.50. The number of rotatable bonds is 2. The fourth-order valence-electron chi connectivity index (χ4n) is 4.49. The number of aromatic nitrogens is 5. The minimum atomic E-state index is -0.457. The van der Waals surface area contributed by atoms with E-state index in [1.165, 1.54) is 0 Å². The van der Waals surface area contributed by atoms with Crippen molar-refractivity contribution in [2.75, 3.05) is 0 Å². The van der Waals surface area contributed by atoms with Crippen LogP contribution in [0.5, 0.6) is 11.6 Å². The van der Waals surface area contributed by atoms with Gasteiger partial charge in [0.25, 0.3) is 0 Å². The number of fused-ring (bicyclic) bond motifs is 6. The molecule has 0 N–H and O–H groups in total. The number of hydrogen-bond acceptors (Lipinski definition) is 8. The van der Waals surface area contributed by atoms with Crippen molar-refractivity contribution in [1.29, 1.82) is 0 Å². The van der Waals surface area contributed by atoms with Gasteiger partial charge >= 0.3 is 5.63 Å². The number of aryl methyl sites for hydroxylation is 1. The quantitative estimate of drug-likeness (QED) is 0.333. The molecule has 0 aliphatic carbocycles. The van der Waals surface area contributed by atoms with E-state index in [1.807, 2.05) is 48.7 Å². The smallest absolute Gasteiger partial charge is 0.344 e. The molecule has 0 radical (unpaired) electrons.